The van der Waals surface area contributed by atoms with Crippen molar-refractivity contribution in [1.82, 2.24) is 0 Å². The minimum atomic E-state index is -4.43. The Morgan fingerprint density at radius 2 is 1.71 bits per heavy atom. The van der Waals surface area contributed by atoms with Crippen molar-refractivity contribution in [3.63, 3.8) is 0 Å². The van der Waals surface area contributed by atoms with E-state index in [2.05, 4.69) is 5.87 Å². The van der Waals surface area contributed by atoms with Crippen LogP contribution in [0.25, 0.3) is 0 Å². The highest BCUT2D eigenvalue weighted by atomic mass is 32.2. The van der Waals surface area contributed by atoms with E-state index < -0.39 is 26.0 Å². The van der Waals surface area contributed by atoms with Gasteiger partial charge < -0.3 is 0 Å². The maximum atomic E-state index is 12.5. The lowest BCUT2D eigenvalue weighted by molar-refractivity contribution is -0.137. The molecule has 0 aromatic heterocycles. The highest BCUT2D eigenvalue weighted by Crippen LogP contribution is 2.32. The summed E-state index contributed by atoms with van der Waals surface area (Å²) in [6.45, 7) is 5.09. The number of alkyl halides is 3. The molecule has 1 nitrogen and oxygen atoms in total. The van der Waals surface area contributed by atoms with Crippen molar-refractivity contribution in [2.75, 3.05) is 0 Å². The van der Waals surface area contributed by atoms with Gasteiger partial charge in [0.2, 0.25) is 0 Å². The van der Waals surface area contributed by atoms with Gasteiger partial charge in [0.1, 0.15) is 0 Å². The Morgan fingerprint density at radius 1 is 1.18 bits per heavy atom. The topological polar surface area (TPSA) is 17.1 Å². The Labute approximate surface area is 99.7 Å². The second kappa shape index (κ2) is 4.05. The van der Waals surface area contributed by atoms with Crippen molar-refractivity contribution in [2.24, 2.45) is 0 Å². The molecule has 0 amide bonds. The molecule has 0 saturated carbocycles. The molecule has 1 unspecified atom stereocenters. The van der Waals surface area contributed by atoms with E-state index in [0.29, 0.717) is 0 Å². The second-order valence-corrected chi connectivity index (χ2v) is 7.86. The Kier molecular flexibility index (Phi) is 3.36. The number of benzene rings is 1. The first-order chi connectivity index (χ1) is 7.46. The monoisotopic (exact) mass is 264 g/mol. The molecule has 0 N–H and O–H groups in total. The average Bonchev–Trinajstić information content (AvgIpc) is 2.15. The van der Waals surface area contributed by atoms with Crippen LogP contribution < -0.4 is 0 Å². The van der Waals surface area contributed by atoms with Crippen molar-refractivity contribution in [1.29, 1.82) is 0 Å². The standard InChI is InChI=1S/C12H15F3OS/c1-11(2,3)17(4,16)10-7-5-6-9(8-10)12(13,14)15/h5-8H,4H2,1-3H3. The van der Waals surface area contributed by atoms with Gasteiger partial charge in [0.15, 0.2) is 0 Å². The van der Waals surface area contributed by atoms with Crippen LogP contribution in [0.4, 0.5) is 13.2 Å². The summed E-state index contributed by atoms with van der Waals surface area (Å²) in [5.41, 5.74) is -0.796. The van der Waals surface area contributed by atoms with Gasteiger partial charge in [0, 0.05) is 19.2 Å². The van der Waals surface area contributed by atoms with Crippen LogP contribution in [0.1, 0.15) is 26.3 Å². The van der Waals surface area contributed by atoms with Crippen LogP contribution in [0.3, 0.4) is 0 Å². The molecule has 0 aliphatic carbocycles. The molecular formula is C12H15F3OS. The van der Waals surface area contributed by atoms with Crippen LogP contribution in [-0.4, -0.2) is 14.8 Å². The quantitative estimate of drug-likeness (QED) is 0.709. The molecule has 1 aromatic rings. The molecule has 1 rings (SSSR count). The summed E-state index contributed by atoms with van der Waals surface area (Å²) < 4.78 is 49.3. The summed E-state index contributed by atoms with van der Waals surface area (Å²) in [6.07, 6.45) is -4.43. The fraction of sp³-hybridized carbons (Fsp3) is 0.417. The van der Waals surface area contributed by atoms with E-state index in [1.165, 1.54) is 12.1 Å². The van der Waals surface area contributed by atoms with Gasteiger partial charge in [-0.3, -0.25) is 4.21 Å². The highest BCUT2D eigenvalue weighted by molar-refractivity contribution is 8.01. The minimum Gasteiger partial charge on any atom is -0.263 e. The van der Waals surface area contributed by atoms with Crippen molar-refractivity contribution < 1.29 is 17.4 Å². The Hall–Kier alpha value is -0.970. The van der Waals surface area contributed by atoms with Gasteiger partial charge in [-0.2, -0.15) is 13.2 Å². The highest BCUT2D eigenvalue weighted by Gasteiger charge is 2.32. The van der Waals surface area contributed by atoms with E-state index in [9.17, 15) is 17.4 Å². The second-order valence-electron chi connectivity index (χ2n) is 4.81. The minimum absolute atomic E-state index is 0.139. The lowest BCUT2D eigenvalue weighted by Crippen LogP contribution is -2.28. The van der Waals surface area contributed by atoms with Crippen LogP contribution in [0.5, 0.6) is 0 Å². The van der Waals surface area contributed by atoms with Crippen molar-refractivity contribution in [3.05, 3.63) is 29.8 Å². The fourth-order valence-corrected chi connectivity index (χ4v) is 2.55. The third-order valence-corrected chi connectivity index (χ3v) is 5.53. The molecule has 17 heavy (non-hydrogen) atoms. The van der Waals surface area contributed by atoms with Crippen LogP contribution in [0, 0.1) is 0 Å². The Balaban J connectivity index is 3.37. The van der Waals surface area contributed by atoms with E-state index in [-0.39, 0.29) is 4.90 Å². The molecule has 1 aromatic carbocycles. The summed E-state index contributed by atoms with van der Waals surface area (Å²) in [5.74, 6) is 3.60. The van der Waals surface area contributed by atoms with E-state index in [0.717, 1.165) is 12.1 Å². The zero-order valence-corrected chi connectivity index (χ0v) is 10.8. The lowest BCUT2D eigenvalue weighted by Gasteiger charge is -2.25. The van der Waals surface area contributed by atoms with Crippen molar-refractivity contribution in [3.8, 4) is 0 Å². The Bertz CT molecular complexity index is 507. The van der Waals surface area contributed by atoms with Gasteiger partial charge in [-0.05, 0) is 44.8 Å². The molecule has 0 bridgehead atoms. The summed E-state index contributed by atoms with van der Waals surface area (Å²) in [6, 6.07) is 4.56. The first kappa shape index (κ1) is 14.1. The van der Waals surface area contributed by atoms with Gasteiger partial charge in [-0.15, -0.1) is 0 Å². The molecule has 0 fully saturated rings. The zero-order chi connectivity index (χ0) is 13.5. The molecule has 0 aliphatic rings. The van der Waals surface area contributed by atoms with E-state index in [4.69, 9.17) is 0 Å². The third kappa shape index (κ3) is 2.83. The van der Waals surface area contributed by atoms with Gasteiger partial charge in [0.25, 0.3) is 0 Å². The molecule has 0 saturated heterocycles. The fourth-order valence-electron chi connectivity index (χ4n) is 1.23. The summed E-state index contributed by atoms with van der Waals surface area (Å²) >= 11 is 0. The molecule has 0 aliphatic heterocycles. The number of rotatable bonds is 1. The van der Waals surface area contributed by atoms with E-state index in [1.54, 1.807) is 20.8 Å². The smallest absolute Gasteiger partial charge is 0.263 e. The lowest BCUT2D eigenvalue weighted by atomic mass is 10.2. The zero-order valence-electron chi connectivity index (χ0n) is 9.97. The average molecular weight is 264 g/mol. The third-order valence-electron chi connectivity index (χ3n) is 2.53. The Morgan fingerprint density at radius 3 is 2.12 bits per heavy atom. The normalized spacial score (nSPS) is 16.6. The van der Waals surface area contributed by atoms with Crippen LogP contribution >= 0.6 is 0 Å². The summed E-state index contributed by atoms with van der Waals surface area (Å²) in [5, 5.41) is 0. The van der Waals surface area contributed by atoms with Crippen LogP contribution in [0.2, 0.25) is 0 Å². The molecule has 0 radical (unpaired) electrons. The summed E-state index contributed by atoms with van der Waals surface area (Å²) in [4.78, 5) is 0.139. The maximum absolute atomic E-state index is 12.5. The maximum Gasteiger partial charge on any atom is 0.416 e. The van der Waals surface area contributed by atoms with E-state index in [1.807, 2.05) is 0 Å². The first-order valence-electron chi connectivity index (χ1n) is 5.00. The molecule has 1 atom stereocenters. The predicted molar refractivity (Wildman–Crippen MR) is 64.7 cm³/mol. The predicted octanol–water partition coefficient (Wildman–Crippen LogP) is 3.58. The first-order valence-corrected chi connectivity index (χ1v) is 6.73. The van der Waals surface area contributed by atoms with Crippen LogP contribution in [0.15, 0.2) is 29.2 Å². The van der Waals surface area contributed by atoms with Crippen LogP contribution in [-0.2, 0) is 15.7 Å². The molecular weight excluding hydrogens is 249 g/mol. The number of hydrogen-bond acceptors (Lipinski definition) is 1. The van der Waals surface area contributed by atoms with Crippen molar-refractivity contribution in [2.45, 2.75) is 36.6 Å². The molecule has 0 heterocycles. The van der Waals surface area contributed by atoms with E-state index >= 15 is 0 Å². The molecule has 0 spiro atoms. The van der Waals surface area contributed by atoms with Gasteiger partial charge in [0.05, 0.1) is 5.56 Å². The number of hydrogen-bond donors (Lipinski definition) is 0. The van der Waals surface area contributed by atoms with Gasteiger partial charge in [-0.25, -0.2) is 0 Å². The van der Waals surface area contributed by atoms with Crippen molar-refractivity contribution >= 4 is 15.4 Å². The number of halogens is 3. The van der Waals surface area contributed by atoms with Gasteiger partial charge in [-0.1, -0.05) is 6.07 Å². The summed E-state index contributed by atoms with van der Waals surface area (Å²) in [7, 11) is -2.76. The largest absolute Gasteiger partial charge is 0.416 e. The molecule has 5 heteroatoms. The SMILES string of the molecule is C=S(=O)(c1cccc(C(F)(F)F)c1)C(C)(C)C. The molecule has 96 valence electrons. The van der Waals surface area contributed by atoms with Gasteiger partial charge >= 0.3 is 6.18 Å².